The van der Waals surface area contributed by atoms with E-state index in [1.165, 1.54) is 4.90 Å². The molecular formula is C32H27BrN2O5. The first-order chi connectivity index (χ1) is 19.5. The van der Waals surface area contributed by atoms with Crippen molar-refractivity contribution in [2.24, 2.45) is 5.92 Å². The van der Waals surface area contributed by atoms with Gasteiger partial charge in [-0.3, -0.25) is 14.4 Å². The molecule has 0 spiro atoms. The zero-order chi connectivity index (χ0) is 27.8. The first kappa shape index (κ1) is 26.1. The summed E-state index contributed by atoms with van der Waals surface area (Å²) in [7, 11) is 1.58. The van der Waals surface area contributed by atoms with E-state index in [2.05, 4.69) is 15.9 Å². The van der Waals surface area contributed by atoms with Crippen LogP contribution < -0.4 is 19.4 Å². The van der Waals surface area contributed by atoms with E-state index in [-0.39, 0.29) is 11.8 Å². The van der Waals surface area contributed by atoms with E-state index in [1.807, 2.05) is 91.9 Å². The second-order valence-electron chi connectivity index (χ2n) is 9.80. The largest absolute Gasteiger partial charge is 0.493 e. The average Bonchev–Trinajstić information content (AvgIpc) is 3.49. The van der Waals surface area contributed by atoms with Crippen LogP contribution in [0.15, 0.2) is 102 Å². The molecule has 0 aromatic heterocycles. The van der Waals surface area contributed by atoms with Crippen molar-refractivity contribution in [1.29, 1.82) is 0 Å². The number of fused-ring (bicyclic) bond motifs is 1. The third-order valence-electron chi connectivity index (χ3n) is 7.26. The molecule has 2 heterocycles. The Bertz CT molecular complexity index is 1550. The Balaban J connectivity index is 1.40. The van der Waals surface area contributed by atoms with Gasteiger partial charge < -0.3 is 9.47 Å². The van der Waals surface area contributed by atoms with Crippen molar-refractivity contribution >= 4 is 39.1 Å². The predicted octanol–water partition coefficient (Wildman–Crippen LogP) is 6.40. The molecule has 2 saturated heterocycles. The number of benzene rings is 4. The molecule has 4 aromatic carbocycles. The number of halogens is 1. The molecule has 2 aliphatic rings. The third kappa shape index (κ3) is 4.63. The van der Waals surface area contributed by atoms with Crippen LogP contribution in [0, 0.1) is 12.8 Å². The molecule has 7 nitrogen and oxygen atoms in total. The van der Waals surface area contributed by atoms with Crippen molar-refractivity contribution in [1.82, 2.24) is 0 Å². The summed E-state index contributed by atoms with van der Waals surface area (Å²) in [4.78, 5) is 35.1. The van der Waals surface area contributed by atoms with E-state index in [9.17, 15) is 9.59 Å². The third-order valence-corrected chi connectivity index (χ3v) is 7.94. The smallest absolute Gasteiger partial charge is 0.266 e. The van der Waals surface area contributed by atoms with Crippen molar-refractivity contribution in [3.05, 3.63) is 118 Å². The number of carbonyl (C=O) groups is 2. The lowest BCUT2D eigenvalue weighted by atomic mass is 9.90. The minimum Gasteiger partial charge on any atom is -0.493 e. The molecule has 0 radical (unpaired) electrons. The van der Waals surface area contributed by atoms with E-state index < -0.39 is 18.1 Å². The van der Waals surface area contributed by atoms with Gasteiger partial charge in [-0.2, -0.15) is 0 Å². The summed E-state index contributed by atoms with van der Waals surface area (Å²) in [6.07, 6.45) is -0.967. The van der Waals surface area contributed by atoms with E-state index in [4.69, 9.17) is 14.3 Å². The van der Waals surface area contributed by atoms with E-state index >= 15 is 0 Å². The summed E-state index contributed by atoms with van der Waals surface area (Å²) in [5.74, 6) is -0.395. The molecule has 0 bridgehead atoms. The van der Waals surface area contributed by atoms with E-state index in [0.29, 0.717) is 28.3 Å². The number of imide groups is 1. The normalized spacial score (nSPS) is 20.1. The highest BCUT2D eigenvalue weighted by Crippen LogP contribution is 2.50. The van der Waals surface area contributed by atoms with Gasteiger partial charge in [0, 0.05) is 4.47 Å². The number of nitrogens with zero attached hydrogens (tertiary/aromatic N) is 2. The summed E-state index contributed by atoms with van der Waals surface area (Å²) in [5, 5.41) is 1.67. The van der Waals surface area contributed by atoms with Crippen LogP contribution in [0.25, 0.3) is 0 Å². The van der Waals surface area contributed by atoms with Crippen LogP contribution in [0.2, 0.25) is 0 Å². The summed E-state index contributed by atoms with van der Waals surface area (Å²) in [5.41, 5.74) is 4.08. The van der Waals surface area contributed by atoms with Gasteiger partial charge in [0.05, 0.1) is 24.5 Å². The van der Waals surface area contributed by atoms with E-state index in [0.717, 1.165) is 22.4 Å². The monoisotopic (exact) mass is 598 g/mol. The zero-order valence-corrected chi connectivity index (χ0v) is 23.6. The molecule has 2 fully saturated rings. The molecule has 0 saturated carbocycles. The number of hydrogen-bond acceptors (Lipinski definition) is 6. The van der Waals surface area contributed by atoms with Crippen molar-refractivity contribution in [3.8, 4) is 11.5 Å². The molecule has 8 heteroatoms. The van der Waals surface area contributed by atoms with Crippen molar-refractivity contribution in [2.45, 2.75) is 25.7 Å². The Hall–Kier alpha value is -4.14. The molecular weight excluding hydrogens is 572 g/mol. The van der Waals surface area contributed by atoms with Crippen LogP contribution >= 0.6 is 15.9 Å². The predicted molar refractivity (Wildman–Crippen MR) is 155 cm³/mol. The molecule has 2 aliphatic heterocycles. The fraction of sp³-hybridized carbons (Fsp3) is 0.188. The van der Waals surface area contributed by atoms with Crippen molar-refractivity contribution in [2.75, 3.05) is 17.1 Å². The molecule has 0 N–H and O–H groups in total. The molecule has 40 heavy (non-hydrogen) atoms. The van der Waals surface area contributed by atoms with Crippen LogP contribution in [-0.4, -0.2) is 25.0 Å². The maximum absolute atomic E-state index is 14.0. The van der Waals surface area contributed by atoms with Crippen LogP contribution in [0.5, 0.6) is 11.5 Å². The second-order valence-corrected chi connectivity index (χ2v) is 10.7. The lowest BCUT2D eigenvalue weighted by molar-refractivity contribution is -0.126. The number of ether oxygens (including phenoxy) is 2. The van der Waals surface area contributed by atoms with Gasteiger partial charge in [-0.15, -0.1) is 0 Å². The topological polar surface area (TPSA) is 68.3 Å². The fourth-order valence-corrected chi connectivity index (χ4v) is 5.82. The first-order valence-corrected chi connectivity index (χ1v) is 13.7. The maximum Gasteiger partial charge on any atom is 0.266 e. The van der Waals surface area contributed by atoms with Gasteiger partial charge in [0.25, 0.3) is 5.91 Å². The Morgan fingerprint density at radius 1 is 0.825 bits per heavy atom. The average molecular weight is 599 g/mol. The molecule has 0 aliphatic carbocycles. The minimum absolute atomic E-state index is 0.308. The number of rotatable bonds is 7. The summed E-state index contributed by atoms with van der Waals surface area (Å²) in [6, 6.07) is 29.8. The van der Waals surface area contributed by atoms with Gasteiger partial charge >= 0.3 is 0 Å². The Labute approximate surface area is 241 Å². The number of anilines is 2. The molecule has 6 rings (SSSR count). The number of para-hydroxylation sites is 1. The molecule has 202 valence electrons. The Kier molecular flexibility index (Phi) is 7.04. The Morgan fingerprint density at radius 2 is 1.50 bits per heavy atom. The number of aryl methyl sites for hydroxylation is 1. The Morgan fingerprint density at radius 3 is 2.17 bits per heavy atom. The van der Waals surface area contributed by atoms with Gasteiger partial charge in [0.15, 0.2) is 17.6 Å². The van der Waals surface area contributed by atoms with Gasteiger partial charge in [0.1, 0.15) is 12.5 Å². The number of carbonyl (C=O) groups excluding carboxylic acids is 2. The molecule has 2 amide bonds. The van der Waals surface area contributed by atoms with Gasteiger partial charge in [-0.05, 0) is 54.4 Å². The highest BCUT2D eigenvalue weighted by atomic mass is 79.9. The van der Waals surface area contributed by atoms with Crippen LogP contribution in [-0.2, 0) is 21.0 Å². The molecule has 4 aromatic rings. The van der Waals surface area contributed by atoms with E-state index in [1.54, 1.807) is 24.3 Å². The highest BCUT2D eigenvalue weighted by molar-refractivity contribution is 9.10. The SMILES string of the molecule is COc1cc([C@H]2[C@H]3C(=O)N(c4ccc(C)cc4)C(=O)[C@H]3ON2c2ccccc2)c(Br)cc1OCc1ccccc1. The molecule has 0 unspecified atom stereocenters. The first-order valence-electron chi connectivity index (χ1n) is 13.0. The van der Waals surface area contributed by atoms with Gasteiger partial charge in [-0.25, -0.2) is 9.96 Å². The second kappa shape index (κ2) is 10.8. The number of methoxy groups -OCH3 is 1. The van der Waals surface area contributed by atoms with Crippen molar-refractivity contribution in [3.63, 3.8) is 0 Å². The van der Waals surface area contributed by atoms with Crippen molar-refractivity contribution < 1.29 is 23.9 Å². The van der Waals surface area contributed by atoms with Crippen LogP contribution in [0.1, 0.15) is 22.7 Å². The number of amides is 2. The highest BCUT2D eigenvalue weighted by Gasteiger charge is 2.60. The quantitative estimate of drug-likeness (QED) is 0.229. The minimum atomic E-state index is -0.967. The summed E-state index contributed by atoms with van der Waals surface area (Å²) in [6.45, 7) is 2.33. The lowest BCUT2D eigenvalue weighted by Crippen LogP contribution is -2.37. The van der Waals surface area contributed by atoms with Crippen LogP contribution in [0.3, 0.4) is 0 Å². The number of hydroxylamine groups is 1. The number of hydrogen-bond donors (Lipinski definition) is 0. The van der Waals surface area contributed by atoms with Gasteiger partial charge in [0.2, 0.25) is 5.91 Å². The molecule has 3 atom stereocenters. The van der Waals surface area contributed by atoms with Gasteiger partial charge in [-0.1, -0.05) is 82.2 Å². The summed E-state index contributed by atoms with van der Waals surface area (Å²) >= 11 is 3.72. The standard InChI is InChI=1S/C32H27BrN2O5/c1-20-13-15-22(16-14-20)34-31(36)28-29(35(40-30(28)32(34)37)23-11-7-4-8-12-23)24-17-26(38-2)27(18-25(24)33)39-19-21-9-5-3-6-10-21/h3-18,28-30H,19H2,1-2H3/t28-,29+,30+/m1/s1. The maximum atomic E-state index is 14.0. The zero-order valence-electron chi connectivity index (χ0n) is 22.0. The lowest BCUT2D eigenvalue weighted by Gasteiger charge is -2.30. The fourth-order valence-electron chi connectivity index (χ4n) is 5.26. The van der Waals surface area contributed by atoms with Crippen LogP contribution in [0.4, 0.5) is 11.4 Å². The summed E-state index contributed by atoms with van der Waals surface area (Å²) < 4.78 is 12.5.